The first kappa shape index (κ1) is 14.5. The summed E-state index contributed by atoms with van der Waals surface area (Å²) in [5.41, 5.74) is 4.20. The predicted octanol–water partition coefficient (Wildman–Crippen LogP) is 3.94. The molecule has 2 heterocycles. The fourth-order valence-corrected chi connectivity index (χ4v) is 3.87. The number of aromatic amines is 1. The van der Waals surface area contributed by atoms with Crippen molar-refractivity contribution in [3.63, 3.8) is 0 Å². The first-order chi connectivity index (χ1) is 9.37. The monoisotopic (exact) mass is 306 g/mol. The van der Waals surface area contributed by atoms with E-state index in [2.05, 4.69) is 73.4 Å². The topological polar surface area (TPSA) is 19.0 Å². The smallest absolute Gasteiger partial charge is 0.0476 e. The standard InChI is InChI=1S/C16H24N2P2/c1-10-8-13-12-6-4-5-7-14(12)17-15(13)11(2)18(10)9-16(3,19)20/h4-7,10-11,17H,8-9,19-20H2,1-3H3/t10-,11-/m1/s1. The van der Waals surface area contributed by atoms with E-state index in [1.54, 1.807) is 0 Å². The number of nitrogens with one attached hydrogen (secondary N) is 1. The second-order valence-electron chi connectivity index (χ2n) is 6.47. The van der Waals surface area contributed by atoms with Gasteiger partial charge in [0.15, 0.2) is 0 Å². The highest BCUT2D eigenvalue weighted by atomic mass is 31.1. The molecule has 2 unspecified atom stereocenters. The molecule has 0 saturated carbocycles. The molecule has 1 aliphatic rings. The van der Waals surface area contributed by atoms with Gasteiger partial charge in [0.25, 0.3) is 0 Å². The van der Waals surface area contributed by atoms with E-state index in [1.807, 2.05) is 0 Å². The van der Waals surface area contributed by atoms with Gasteiger partial charge in [-0.25, -0.2) is 0 Å². The van der Waals surface area contributed by atoms with Crippen LogP contribution >= 0.6 is 18.5 Å². The maximum absolute atomic E-state index is 3.65. The fourth-order valence-electron chi connectivity index (χ4n) is 3.44. The summed E-state index contributed by atoms with van der Waals surface area (Å²) in [7, 11) is 5.88. The van der Waals surface area contributed by atoms with Crippen molar-refractivity contribution in [1.29, 1.82) is 0 Å². The molecule has 0 aliphatic carbocycles. The van der Waals surface area contributed by atoms with Gasteiger partial charge >= 0.3 is 0 Å². The fraction of sp³-hybridized carbons (Fsp3) is 0.500. The minimum atomic E-state index is 0.173. The van der Waals surface area contributed by atoms with E-state index in [1.165, 1.54) is 22.2 Å². The van der Waals surface area contributed by atoms with Crippen LogP contribution in [0.4, 0.5) is 0 Å². The molecule has 0 spiro atoms. The maximum Gasteiger partial charge on any atom is 0.0476 e. The molecule has 4 atom stereocenters. The quantitative estimate of drug-likeness (QED) is 0.833. The van der Waals surface area contributed by atoms with E-state index in [0.29, 0.717) is 12.1 Å². The summed E-state index contributed by atoms with van der Waals surface area (Å²) in [6.07, 6.45) is 1.13. The molecule has 1 aromatic heterocycles. The molecule has 2 aromatic rings. The maximum atomic E-state index is 3.65. The minimum absolute atomic E-state index is 0.173. The van der Waals surface area contributed by atoms with E-state index in [0.717, 1.165) is 13.0 Å². The first-order valence-electron chi connectivity index (χ1n) is 7.30. The number of benzene rings is 1. The molecular formula is C16H24N2P2. The molecule has 1 N–H and O–H groups in total. The summed E-state index contributed by atoms with van der Waals surface area (Å²) in [5.74, 6) is 0. The van der Waals surface area contributed by atoms with Crippen molar-refractivity contribution in [1.82, 2.24) is 9.88 Å². The van der Waals surface area contributed by atoms with Crippen molar-refractivity contribution in [2.75, 3.05) is 6.54 Å². The zero-order chi connectivity index (χ0) is 14.5. The third-order valence-electron chi connectivity index (χ3n) is 4.35. The van der Waals surface area contributed by atoms with Crippen molar-refractivity contribution in [3.05, 3.63) is 35.5 Å². The van der Waals surface area contributed by atoms with Gasteiger partial charge in [-0.1, -0.05) is 25.1 Å². The Morgan fingerprint density at radius 1 is 1.30 bits per heavy atom. The van der Waals surface area contributed by atoms with Crippen LogP contribution in [-0.4, -0.2) is 27.4 Å². The molecule has 108 valence electrons. The van der Waals surface area contributed by atoms with Crippen molar-refractivity contribution in [2.24, 2.45) is 0 Å². The number of para-hydroxylation sites is 1. The molecule has 4 heteroatoms. The van der Waals surface area contributed by atoms with Gasteiger partial charge in [-0.05, 0) is 31.9 Å². The van der Waals surface area contributed by atoms with Crippen molar-refractivity contribution in [3.8, 4) is 0 Å². The van der Waals surface area contributed by atoms with E-state index in [-0.39, 0.29) is 4.90 Å². The van der Waals surface area contributed by atoms with Crippen LogP contribution in [-0.2, 0) is 6.42 Å². The largest absolute Gasteiger partial charge is 0.357 e. The molecule has 20 heavy (non-hydrogen) atoms. The van der Waals surface area contributed by atoms with Gasteiger partial charge in [-0.15, -0.1) is 18.5 Å². The molecule has 0 amide bonds. The van der Waals surface area contributed by atoms with Crippen LogP contribution in [0.25, 0.3) is 10.9 Å². The molecule has 3 rings (SSSR count). The molecular weight excluding hydrogens is 282 g/mol. The number of rotatable bonds is 2. The van der Waals surface area contributed by atoms with E-state index < -0.39 is 0 Å². The summed E-state index contributed by atoms with van der Waals surface area (Å²) in [6, 6.07) is 9.71. The Bertz CT molecular complexity index is 627. The number of fused-ring (bicyclic) bond motifs is 3. The highest BCUT2D eigenvalue weighted by molar-refractivity contribution is 7.39. The van der Waals surface area contributed by atoms with Crippen LogP contribution in [0.1, 0.15) is 38.1 Å². The van der Waals surface area contributed by atoms with E-state index in [9.17, 15) is 0 Å². The number of hydrogen-bond donors (Lipinski definition) is 1. The lowest BCUT2D eigenvalue weighted by molar-refractivity contribution is 0.135. The van der Waals surface area contributed by atoms with Crippen LogP contribution in [0.15, 0.2) is 24.3 Å². The zero-order valence-electron chi connectivity index (χ0n) is 12.5. The van der Waals surface area contributed by atoms with Gasteiger partial charge in [0, 0.05) is 40.1 Å². The second-order valence-corrected chi connectivity index (χ2v) is 9.77. The molecule has 0 radical (unpaired) electrons. The van der Waals surface area contributed by atoms with Crippen molar-refractivity contribution < 1.29 is 0 Å². The Labute approximate surface area is 126 Å². The number of nitrogens with zero attached hydrogens (tertiary/aromatic N) is 1. The molecule has 1 aromatic carbocycles. The highest BCUT2D eigenvalue weighted by Gasteiger charge is 2.33. The lowest BCUT2D eigenvalue weighted by Crippen LogP contribution is -2.45. The second kappa shape index (κ2) is 5.09. The van der Waals surface area contributed by atoms with E-state index in [4.69, 9.17) is 0 Å². The van der Waals surface area contributed by atoms with Gasteiger partial charge in [0.2, 0.25) is 0 Å². The van der Waals surface area contributed by atoms with Crippen LogP contribution in [0.2, 0.25) is 0 Å². The van der Waals surface area contributed by atoms with Gasteiger partial charge in [-0.2, -0.15) is 0 Å². The Balaban J connectivity index is 2.03. The molecule has 0 bridgehead atoms. The summed E-state index contributed by atoms with van der Waals surface area (Å²) in [5, 5.41) is 1.40. The van der Waals surface area contributed by atoms with Crippen LogP contribution in [0.5, 0.6) is 0 Å². The molecule has 0 fully saturated rings. The summed E-state index contributed by atoms with van der Waals surface area (Å²) >= 11 is 0. The predicted molar refractivity (Wildman–Crippen MR) is 94.4 cm³/mol. The van der Waals surface area contributed by atoms with Gasteiger partial charge in [0.05, 0.1) is 0 Å². The summed E-state index contributed by atoms with van der Waals surface area (Å²) in [6.45, 7) is 8.00. The van der Waals surface area contributed by atoms with Crippen LogP contribution in [0, 0.1) is 0 Å². The normalized spacial score (nSPS) is 24.1. The zero-order valence-corrected chi connectivity index (χ0v) is 14.8. The Morgan fingerprint density at radius 2 is 2.00 bits per heavy atom. The summed E-state index contributed by atoms with van der Waals surface area (Å²) < 4.78 is 0. The number of hydrogen-bond acceptors (Lipinski definition) is 1. The van der Waals surface area contributed by atoms with E-state index >= 15 is 0 Å². The number of aromatic nitrogens is 1. The van der Waals surface area contributed by atoms with Crippen LogP contribution in [0.3, 0.4) is 0 Å². The summed E-state index contributed by atoms with van der Waals surface area (Å²) in [4.78, 5) is 6.43. The Hall–Kier alpha value is -0.420. The number of H-pyrrole nitrogens is 1. The van der Waals surface area contributed by atoms with Crippen LogP contribution < -0.4 is 0 Å². The molecule has 2 nitrogen and oxygen atoms in total. The van der Waals surface area contributed by atoms with Gasteiger partial charge in [0.1, 0.15) is 0 Å². The average molecular weight is 306 g/mol. The van der Waals surface area contributed by atoms with Crippen molar-refractivity contribution >= 4 is 29.4 Å². The molecule has 0 saturated heterocycles. The molecule has 1 aliphatic heterocycles. The lowest BCUT2D eigenvalue weighted by Gasteiger charge is -2.42. The minimum Gasteiger partial charge on any atom is -0.357 e. The average Bonchev–Trinajstić information content (AvgIpc) is 2.73. The third kappa shape index (κ3) is 2.54. The van der Waals surface area contributed by atoms with Crippen molar-refractivity contribution in [2.45, 2.75) is 44.2 Å². The lowest BCUT2D eigenvalue weighted by atomic mass is 9.93. The highest BCUT2D eigenvalue weighted by Crippen LogP contribution is 2.39. The third-order valence-corrected chi connectivity index (χ3v) is 4.72. The Morgan fingerprint density at radius 3 is 2.70 bits per heavy atom. The Kier molecular flexibility index (Phi) is 3.70. The SMILES string of the molecule is C[C@@H]1Cc2c([nH]c3ccccc23)[C@@H](C)N1CC(C)(P)P. The first-order valence-corrected chi connectivity index (χ1v) is 8.45. The van der Waals surface area contributed by atoms with Gasteiger partial charge in [-0.3, -0.25) is 4.90 Å². The van der Waals surface area contributed by atoms with Gasteiger partial charge < -0.3 is 4.98 Å².